The lowest BCUT2D eigenvalue weighted by Gasteiger charge is -2.12. The number of ether oxygens (including phenoxy) is 1. The molecule has 0 radical (unpaired) electrons. The van der Waals surface area contributed by atoms with Crippen LogP contribution in [0.5, 0.6) is 0 Å². The largest absolute Gasteiger partial charge is 0.468 e. The summed E-state index contributed by atoms with van der Waals surface area (Å²) >= 11 is 0. The van der Waals surface area contributed by atoms with E-state index < -0.39 is 0 Å². The monoisotopic (exact) mass is 241 g/mol. The number of halogens is 1. The second-order valence-corrected chi connectivity index (χ2v) is 3.78. The Hall–Kier alpha value is -1.06. The summed E-state index contributed by atoms with van der Waals surface area (Å²) in [7, 11) is 1.43. The molecule has 88 valence electrons. The van der Waals surface area contributed by atoms with Gasteiger partial charge in [0, 0.05) is 6.04 Å². The fourth-order valence-electron chi connectivity index (χ4n) is 2.02. The third-order valence-electron chi connectivity index (χ3n) is 2.83. The van der Waals surface area contributed by atoms with Gasteiger partial charge in [-0.25, -0.2) is 0 Å². The molecule has 0 unspecified atom stereocenters. The van der Waals surface area contributed by atoms with Crippen LogP contribution in [0.15, 0.2) is 30.3 Å². The number of methoxy groups -OCH3 is 1. The minimum atomic E-state index is -0.159. The van der Waals surface area contributed by atoms with Gasteiger partial charge in [0.2, 0.25) is 0 Å². The van der Waals surface area contributed by atoms with E-state index in [1.165, 1.54) is 12.7 Å². The van der Waals surface area contributed by atoms with Gasteiger partial charge < -0.3 is 4.74 Å². The van der Waals surface area contributed by atoms with Crippen LogP contribution >= 0.6 is 12.4 Å². The van der Waals surface area contributed by atoms with E-state index in [2.05, 4.69) is 17.4 Å². The fraction of sp³-hybridized carbons (Fsp3) is 0.417. The molecule has 1 heterocycles. The Morgan fingerprint density at radius 3 is 2.62 bits per heavy atom. The van der Waals surface area contributed by atoms with Crippen molar-refractivity contribution in [1.29, 1.82) is 0 Å². The van der Waals surface area contributed by atoms with E-state index in [0.717, 1.165) is 12.8 Å². The molecular weight excluding hydrogens is 226 g/mol. The predicted molar refractivity (Wildman–Crippen MR) is 64.6 cm³/mol. The highest BCUT2D eigenvalue weighted by Crippen LogP contribution is 2.26. The van der Waals surface area contributed by atoms with E-state index in [0.29, 0.717) is 0 Å². The third kappa shape index (κ3) is 2.74. The molecule has 1 aliphatic rings. The van der Waals surface area contributed by atoms with E-state index in [1.807, 2.05) is 18.2 Å². The van der Waals surface area contributed by atoms with Crippen LogP contribution in [0.25, 0.3) is 0 Å². The van der Waals surface area contributed by atoms with Crippen molar-refractivity contribution >= 4 is 18.4 Å². The molecule has 2 atom stereocenters. The van der Waals surface area contributed by atoms with Crippen molar-refractivity contribution in [1.82, 2.24) is 5.32 Å². The smallest absolute Gasteiger partial charge is 0.322 e. The van der Waals surface area contributed by atoms with Gasteiger partial charge in [-0.3, -0.25) is 10.1 Å². The van der Waals surface area contributed by atoms with Gasteiger partial charge in [-0.1, -0.05) is 30.3 Å². The highest BCUT2D eigenvalue weighted by molar-refractivity contribution is 5.85. The normalized spacial score (nSPS) is 23.6. The lowest BCUT2D eigenvalue weighted by atomic mass is 10.1. The number of carbonyl (C=O) groups excluding carboxylic acids is 1. The summed E-state index contributed by atoms with van der Waals surface area (Å²) in [5.41, 5.74) is 1.24. The summed E-state index contributed by atoms with van der Waals surface area (Å²) in [5, 5.41) is 3.28. The number of esters is 1. The van der Waals surface area contributed by atoms with Crippen molar-refractivity contribution in [3.8, 4) is 0 Å². The van der Waals surface area contributed by atoms with Crippen LogP contribution in [-0.2, 0) is 9.53 Å². The molecule has 0 bridgehead atoms. The summed E-state index contributed by atoms with van der Waals surface area (Å²) in [6, 6.07) is 10.3. The Morgan fingerprint density at radius 1 is 1.31 bits per heavy atom. The second kappa shape index (κ2) is 5.87. The van der Waals surface area contributed by atoms with Crippen molar-refractivity contribution in [3.05, 3.63) is 35.9 Å². The number of hydrogen-bond donors (Lipinski definition) is 1. The zero-order valence-corrected chi connectivity index (χ0v) is 10.00. The van der Waals surface area contributed by atoms with Gasteiger partial charge in [0.1, 0.15) is 6.04 Å². The Kier molecular flexibility index (Phi) is 4.77. The molecule has 0 aromatic heterocycles. The van der Waals surface area contributed by atoms with Gasteiger partial charge in [-0.2, -0.15) is 0 Å². The van der Waals surface area contributed by atoms with Crippen molar-refractivity contribution in [2.24, 2.45) is 0 Å². The first-order chi connectivity index (χ1) is 7.31. The minimum absolute atomic E-state index is 0. The van der Waals surface area contributed by atoms with Crippen LogP contribution < -0.4 is 5.32 Å². The number of hydrogen-bond acceptors (Lipinski definition) is 3. The van der Waals surface area contributed by atoms with Crippen molar-refractivity contribution in [2.75, 3.05) is 7.11 Å². The predicted octanol–water partition coefficient (Wildman–Crippen LogP) is 2.07. The van der Waals surface area contributed by atoms with Crippen molar-refractivity contribution in [2.45, 2.75) is 24.9 Å². The molecule has 1 fully saturated rings. The maximum absolute atomic E-state index is 11.3. The standard InChI is InChI=1S/C12H15NO2.ClH/c1-15-12(14)11-8-7-10(13-11)9-5-3-2-4-6-9;/h2-6,10-11,13H,7-8H2,1H3;1H/t10-,11+;/m0./s1. The summed E-state index contributed by atoms with van der Waals surface area (Å²) < 4.78 is 4.72. The van der Waals surface area contributed by atoms with Gasteiger partial charge in [0.25, 0.3) is 0 Å². The maximum Gasteiger partial charge on any atom is 0.322 e. The average Bonchev–Trinajstić information content (AvgIpc) is 2.78. The first-order valence-corrected chi connectivity index (χ1v) is 5.20. The summed E-state index contributed by atoms with van der Waals surface area (Å²) in [6.07, 6.45) is 1.84. The van der Waals surface area contributed by atoms with Crippen LogP contribution in [0, 0.1) is 0 Å². The average molecular weight is 242 g/mol. The van der Waals surface area contributed by atoms with Crippen LogP contribution in [0.3, 0.4) is 0 Å². The number of carbonyl (C=O) groups is 1. The van der Waals surface area contributed by atoms with Crippen LogP contribution in [-0.4, -0.2) is 19.1 Å². The Bertz CT molecular complexity index is 342. The molecule has 3 nitrogen and oxygen atoms in total. The summed E-state index contributed by atoms with van der Waals surface area (Å²) in [5.74, 6) is -0.159. The fourth-order valence-corrected chi connectivity index (χ4v) is 2.02. The van der Waals surface area contributed by atoms with E-state index in [1.54, 1.807) is 0 Å². The van der Waals surface area contributed by atoms with E-state index in [-0.39, 0.29) is 30.5 Å². The number of nitrogens with one attached hydrogen (secondary N) is 1. The molecule has 2 rings (SSSR count). The molecule has 16 heavy (non-hydrogen) atoms. The van der Waals surface area contributed by atoms with E-state index in [4.69, 9.17) is 4.74 Å². The molecular formula is C12H16ClNO2. The quantitative estimate of drug-likeness (QED) is 0.806. The number of rotatable bonds is 2. The molecule has 1 aliphatic heterocycles. The van der Waals surface area contributed by atoms with Gasteiger partial charge >= 0.3 is 5.97 Å². The lowest BCUT2D eigenvalue weighted by molar-refractivity contribution is -0.142. The molecule has 0 aliphatic carbocycles. The first-order valence-electron chi connectivity index (χ1n) is 5.20. The molecule has 4 heteroatoms. The minimum Gasteiger partial charge on any atom is -0.468 e. The zero-order valence-electron chi connectivity index (χ0n) is 9.18. The Balaban J connectivity index is 0.00000128. The summed E-state index contributed by atoms with van der Waals surface area (Å²) in [6.45, 7) is 0. The highest BCUT2D eigenvalue weighted by atomic mass is 35.5. The van der Waals surface area contributed by atoms with Gasteiger partial charge in [0.15, 0.2) is 0 Å². The lowest BCUT2D eigenvalue weighted by Crippen LogP contribution is -2.33. The molecule has 1 N–H and O–H groups in total. The number of benzene rings is 1. The Labute approximate surface area is 102 Å². The van der Waals surface area contributed by atoms with E-state index >= 15 is 0 Å². The van der Waals surface area contributed by atoms with Gasteiger partial charge in [0.05, 0.1) is 7.11 Å². The molecule has 0 spiro atoms. The molecule has 0 saturated carbocycles. The molecule has 1 aromatic carbocycles. The highest BCUT2D eigenvalue weighted by Gasteiger charge is 2.30. The second-order valence-electron chi connectivity index (χ2n) is 3.78. The Morgan fingerprint density at radius 2 is 2.00 bits per heavy atom. The maximum atomic E-state index is 11.3. The topological polar surface area (TPSA) is 38.3 Å². The molecule has 1 saturated heterocycles. The SMILES string of the molecule is COC(=O)[C@H]1CC[C@@H](c2ccccc2)N1.Cl. The molecule has 1 aromatic rings. The van der Waals surface area contributed by atoms with Crippen LogP contribution in [0.2, 0.25) is 0 Å². The van der Waals surface area contributed by atoms with Gasteiger partial charge in [-0.05, 0) is 18.4 Å². The van der Waals surface area contributed by atoms with Gasteiger partial charge in [-0.15, -0.1) is 12.4 Å². The zero-order chi connectivity index (χ0) is 10.7. The van der Waals surface area contributed by atoms with Crippen molar-refractivity contribution in [3.63, 3.8) is 0 Å². The summed E-state index contributed by atoms with van der Waals surface area (Å²) in [4.78, 5) is 11.3. The molecule has 0 amide bonds. The van der Waals surface area contributed by atoms with Crippen LogP contribution in [0.1, 0.15) is 24.4 Å². The van der Waals surface area contributed by atoms with Crippen LogP contribution in [0.4, 0.5) is 0 Å². The third-order valence-corrected chi connectivity index (χ3v) is 2.83. The van der Waals surface area contributed by atoms with E-state index in [9.17, 15) is 4.79 Å². The van der Waals surface area contributed by atoms with Crippen molar-refractivity contribution < 1.29 is 9.53 Å². The first kappa shape index (κ1) is 13.0.